The Labute approximate surface area is 215 Å². The summed E-state index contributed by atoms with van der Waals surface area (Å²) in [6.07, 6.45) is 2.08. The van der Waals surface area contributed by atoms with Crippen molar-refractivity contribution in [1.82, 2.24) is 9.97 Å². The van der Waals surface area contributed by atoms with Crippen LogP contribution in [0.5, 0.6) is 17.4 Å². The van der Waals surface area contributed by atoms with Gasteiger partial charge in [-0.2, -0.15) is 8.78 Å². The Balaban J connectivity index is 1.51. The van der Waals surface area contributed by atoms with Crippen molar-refractivity contribution >= 4 is 5.82 Å². The van der Waals surface area contributed by atoms with E-state index in [1.165, 1.54) is 17.7 Å². The number of halogens is 2. The fraction of sp³-hybridized carbons (Fsp3) is 0.379. The number of aromatic nitrogens is 2. The molecule has 0 amide bonds. The Morgan fingerprint density at radius 1 is 1.08 bits per heavy atom. The summed E-state index contributed by atoms with van der Waals surface area (Å²) in [5.41, 5.74) is 7.70. The second kappa shape index (κ2) is 9.01. The first-order chi connectivity index (χ1) is 17.5. The maximum Gasteiger partial charge on any atom is 0.395 e. The van der Waals surface area contributed by atoms with Gasteiger partial charge in [-0.15, -0.1) is 0 Å². The zero-order valence-electron chi connectivity index (χ0n) is 21.7. The molecule has 2 saturated carbocycles. The minimum atomic E-state index is -3.39. The van der Waals surface area contributed by atoms with E-state index in [1.807, 2.05) is 26.0 Å². The van der Waals surface area contributed by atoms with Crippen molar-refractivity contribution in [2.24, 2.45) is 0 Å². The number of nitrogens with one attached hydrogen (secondary N) is 1. The van der Waals surface area contributed by atoms with E-state index in [0.29, 0.717) is 12.8 Å². The van der Waals surface area contributed by atoms with Crippen LogP contribution in [0, 0.1) is 20.8 Å². The average molecular weight is 508 g/mol. The monoisotopic (exact) mass is 507 g/mol. The van der Waals surface area contributed by atoms with Crippen molar-refractivity contribution in [3.05, 3.63) is 70.1 Å². The quantitative estimate of drug-likeness (QED) is 0.343. The predicted octanol–water partition coefficient (Wildman–Crippen LogP) is 6.97. The topological polar surface area (TPSA) is 76.5 Å². The number of aromatic hydroxyl groups is 1. The number of pyridine rings is 2. The summed E-state index contributed by atoms with van der Waals surface area (Å²) in [5, 5.41) is 13.7. The van der Waals surface area contributed by atoms with Crippen LogP contribution in [-0.4, -0.2) is 28.3 Å². The van der Waals surface area contributed by atoms with Gasteiger partial charge in [-0.05, 0) is 93.0 Å². The van der Waals surface area contributed by atoms with Crippen LogP contribution in [0.4, 0.5) is 14.6 Å². The first-order valence-corrected chi connectivity index (χ1v) is 12.4. The lowest BCUT2D eigenvalue weighted by atomic mass is 9.90. The van der Waals surface area contributed by atoms with Crippen LogP contribution in [0.1, 0.15) is 54.9 Å². The van der Waals surface area contributed by atoms with Gasteiger partial charge in [0.2, 0.25) is 5.88 Å². The predicted molar refractivity (Wildman–Crippen MR) is 138 cm³/mol. The van der Waals surface area contributed by atoms with Gasteiger partial charge < -0.3 is 19.9 Å². The average Bonchev–Trinajstić information content (AvgIpc) is 3.75. The molecule has 2 fully saturated rings. The lowest BCUT2D eigenvalue weighted by molar-refractivity contribution is -0.159. The van der Waals surface area contributed by atoms with Gasteiger partial charge in [0.1, 0.15) is 5.82 Å². The number of methoxy groups -OCH3 is 1. The standard InChI is InChI=1S/C29H31F2N3O3/c1-16-13-24(33-25(18(16)3)20-12-17(2)27(36-5)32-15-20)34-26(19-6-7-19)29(10-11-29)21-8-9-22(35)23(14-21)37-28(4,30)31/h8-9,12-15,35H,6-7,10-11H2,1-5H3,(H,33,34). The van der Waals surface area contributed by atoms with E-state index in [4.69, 9.17) is 14.5 Å². The van der Waals surface area contributed by atoms with Crippen molar-refractivity contribution in [2.75, 3.05) is 12.4 Å². The number of nitrogens with zero attached hydrogens (tertiary/aromatic N) is 2. The van der Waals surface area contributed by atoms with Crippen LogP contribution in [-0.2, 0) is 5.41 Å². The number of anilines is 1. The first-order valence-electron chi connectivity index (χ1n) is 12.4. The van der Waals surface area contributed by atoms with Crippen LogP contribution in [0.2, 0.25) is 0 Å². The molecule has 6 nitrogen and oxygen atoms in total. The van der Waals surface area contributed by atoms with Gasteiger partial charge in [-0.25, -0.2) is 9.97 Å². The number of hydrogen-bond acceptors (Lipinski definition) is 6. The molecule has 2 heterocycles. The van der Waals surface area contributed by atoms with E-state index >= 15 is 0 Å². The molecule has 0 saturated heterocycles. The van der Waals surface area contributed by atoms with Crippen molar-refractivity contribution in [2.45, 2.75) is 64.9 Å². The number of phenols is 1. The highest BCUT2D eigenvalue weighted by atomic mass is 19.3. The SMILES string of the molecule is COc1ncc(-c2nc(NC(=C3CC3)C3(c4ccc(O)c(OC(C)(F)F)c4)CC3)cc(C)c2C)cc1C. The second-order valence-corrected chi connectivity index (χ2v) is 10.1. The summed E-state index contributed by atoms with van der Waals surface area (Å²) in [7, 11) is 1.60. The third-order valence-corrected chi connectivity index (χ3v) is 7.17. The van der Waals surface area contributed by atoms with Gasteiger partial charge in [0, 0.05) is 35.4 Å². The Morgan fingerprint density at radius 3 is 2.41 bits per heavy atom. The van der Waals surface area contributed by atoms with E-state index in [2.05, 4.69) is 17.2 Å². The Morgan fingerprint density at radius 2 is 1.81 bits per heavy atom. The molecule has 2 aromatic heterocycles. The minimum absolute atomic E-state index is 0.217. The maximum atomic E-state index is 13.6. The molecule has 37 heavy (non-hydrogen) atoms. The molecule has 0 aliphatic heterocycles. The van der Waals surface area contributed by atoms with Crippen molar-refractivity contribution in [3.63, 3.8) is 0 Å². The van der Waals surface area contributed by atoms with E-state index in [1.54, 1.807) is 19.4 Å². The molecule has 1 aromatic carbocycles. The Bertz CT molecular complexity index is 1400. The normalized spacial score (nSPS) is 15.8. The zero-order valence-corrected chi connectivity index (χ0v) is 21.7. The molecule has 0 radical (unpaired) electrons. The smallest absolute Gasteiger partial charge is 0.395 e. The first kappa shape index (κ1) is 25.0. The number of aryl methyl sites for hydroxylation is 2. The van der Waals surface area contributed by atoms with E-state index < -0.39 is 6.11 Å². The van der Waals surface area contributed by atoms with Crippen LogP contribution in [0.25, 0.3) is 11.3 Å². The highest BCUT2D eigenvalue weighted by Gasteiger charge is 2.50. The number of rotatable bonds is 8. The number of alkyl halides is 2. The van der Waals surface area contributed by atoms with Crippen LogP contribution in [0.15, 0.2) is 47.8 Å². The van der Waals surface area contributed by atoms with Gasteiger partial charge in [-0.3, -0.25) is 0 Å². The summed E-state index contributed by atoms with van der Waals surface area (Å²) in [6.45, 7) is 6.72. The fourth-order valence-corrected chi connectivity index (χ4v) is 4.87. The summed E-state index contributed by atoms with van der Waals surface area (Å²) in [6, 6.07) is 8.81. The molecule has 8 heteroatoms. The van der Waals surface area contributed by atoms with Gasteiger partial charge in [-0.1, -0.05) is 6.07 Å². The van der Waals surface area contributed by atoms with Crippen LogP contribution < -0.4 is 14.8 Å². The largest absolute Gasteiger partial charge is 0.504 e. The van der Waals surface area contributed by atoms with Gasteiger partial charge in [0.25, 0.3) is 0 Å². The number of ether oxygens (including phenoxy) is 2. The van der Waals surface area contributed by atoms with E-state index in [0.717, 1.165) is 70.7 Å². The molecule has 5 rings (SSSR count). The highest BCUT2D eigenvalue weighted by molar-refractivity contribution is 5.69. The van der Waals surface area contributed by atoms with Gasteiger partial charge in [0.05, 0.1) is 12.8 Å². The molecular formula is C29H31F2N3O3. The zero-order chi connectivity index (χ0) is 26.5. The molecule has 3 aromatic rings. The molecule has 0 spiro atoms. The molecule has 0 bridgehead atoms. The molecule has 2 aliphatic rings. The van der Waals surface area contributed by atoms with Crippen LogP contribution >= 0.6 is 0 Å². The highest BCUT2D eigenvalue weighted by Crippen LogP contribution is 2.58. The Kier molecular flexibility index (Phi) is 6.09. The van der Waals surface area contributed by atoms with Gasteiger partial charge in [0.15, 0.2) is 11.5 Å². The number of phenolic OH excluding ortho intramolecular Hbond substituents is 1. The summed E-state index contributed by atoms with van der Waals surface area (Å²) < 4.78 is 37.2. The van der Waals surface area contributed by atoms with Crippen molar-refractivity contribution in [1.29, 1.82) is 0 Å². The molecular weight excluding hydrogens is 476 g/mol. The molecule has 2 N–H and O–H groups in total. The third kappa shape index (κ3) is 4.97. The molecule has 0 unspecified atom stereocenters. The maximum absolute atomic E-state index is 13.6. The molecule has 2 aliphatic carbocycles. The summed E-state index contributed by atoms with van der Waals surface area (Å²) in [4.78, 5) is 9.40. The Hall–Kier alpha value is -3.68. The number of benzene rings is 1. The summed E-state index contributed by atoms with van der Waals surface area (Å²) >= 11 is 0. The second-order valence-electron chi connectivity index (χ2n) is 10.1. The van der Waals surface area contributed by atoms with Crippen molar-refractivity contribution in [3.8, 4) is 28.6 Å². The molecule has 0 atom stereocenters. The fourth-order valence-electron chi connectivity index (χ4n) is 4.87. The summed E-state index contributed by atoms with van der Waals surface area (Å²) in [5.74, 6) is 0.786. The number of hydrogen-bond donors (Lipinski definition) is 2. The molecule has 194 valence electrons. The number of allylic oxidation sites excluding steroid dienone is 2. The van der Waals surface area contributed by atoms with E-state index in [-0.39, 0.29) is 16.9 Å². The van der Waals surface area contributed by atoms with E-state index in [9.17, 15) is 13.9 Å². The lowest BCUT2D eigenvalue weighted by Crippen LogP contribution is -2.21. The minimum Gasteiger partial charge on any atom is -0.504 e. The van der Waals surface area contributed by atoms with Crippen molar-refractivity contribution < 1.29 is 23.4 Å². The van der Waals surface area contributed by atoms with Gasteiger partial charge >= 0.3 is 6.11 Å². The van der Waals surface area contributed by atoms with Crippen LogP contribution in [0.3, 0.4) is 0 Å². The third-order valence-electron chi connectivity index (χ3n) is 7.17. The lowest BCUT2D eigenvalue weighted by Gasteiger charge is -2.24.